The third-order valence-corrected chi connectivity index (χ3v) is 13.7. The molecule has 0 amide bonds. The van der Waals surface area contributed by atoms with Gasteiger partial charge in [0.2, 0.25) is 0 Å². The molecule has 6 nitrogen and oxygen atoms in total. The second-order valence-corrected chi connectivity index (χ2v) is 17.5. The Morgan fingerprint density at radius 2 is 1.43 bits per heavy atom. The summed E-state index contributed by atoms with van der Waals surface area (Å²) >= 11 is 0. The lowest BCUT2D eigenvalue weighted by Crippen LogP contribution is -2.16. The summed E-state index contributed by atoms with van der Waals surface area (Å²) in [5.74, 6) is 0. The molecule has 4 heterocycles. The van der Waals surface area contributed by atoms with Crippen molar-refractivity contribution in [1.82, 2.24) is 19.1 Å². The van der Waals surface area contributed by atoms with Crippen molar-refractivity contribution in [2.24, 2.45) is 5.73 Å². The van der Waals surface area contributed by atoms with E-state index in [0.717, 1.165) is 92.6 Å². The van der Waals surface area contributed by atoms with E-state index in [0.29, 0.717) is 5.71 Å². The van der Waals surface area contributed by atoms with Crippen molar-refractivity contribution >= 4 is 66.2 Å². The Hall–Kier alpha value is -8.35. The Labute approximate surface area is 391 Å². The van der Waals surface area contributed by atoms with E-state index in [1.807, 2.05) is 98.4 Å². The summed E-state index contributed by atoms with van der Waals surface area (Å²) in [5.41, 5.74) is 28.5. The smallest absolute Gasteiger partial charge is 0.0702 e. The zero-order valence-electron chi connectivity index (χ0n) is 37.9. The number of benzene rings is 5. The molecule has 0 aliphatic heterocycles. The molecule has 0 saturated carbocycles. The highest BCUT2D eigenvalue weighted by molar-refractivity contribution is 6.18. The molecule has 0 spiro atoms. The molecule has 0 unspecified atom stereocenters. The maximum atomic E-state index is 9.18. The third kappa shape index (κ3) is 6.92. The molecule has 0 saturated heterocycles. The van der Waals surface area contributed by atoms with E-state index in [2.05, 4.69) is 113 Å². The van der Waals surface area contributed by atoms with Crippen molar-refractivity contribution in [3.05, 3.63) is 229 Å². The molecule has 4 aromatic heterocycles. The second kappa shape index (κ2) is 16.9. The summed E-state index contributed by atoms with van der Waals surface area (Å²) in [4.78, 5) is 9.58. The van der Waals surface area contributed by atoms with Crippen LogP contribution < -0.4 is 5.73 Å². The molecular formula is C61H50N6. The molecule has 2 aliphatic rings. The largest absolute Gasteiger partial charge is 0.405 e. The van der Waals surface area contributed by atoms with Crippen LogP contribution in [0.2, 0.25) is 0 Å². The number of nitrogens with zero attached hydrogens (tertiary/aromatic N) is 4. The van der Waals surface area contributed by atoms with Crippen molar-refractivity contribution in [2.75, 3.05) is 0 Å². The Kier molecular flexibility index (Phi) is 10.4. The van der Waals surface area contributed by atoms with Gasteiger partial charge in [-0.3, -0.25) is 9.97 Å². The van der Waals surface area contributed by atoms with Crippen LogP contribution in [0.3, 0.4) is 0 Å². The predicted octanol–water partition coefficient (Wildman–Crippen LogP) is 14.3. The quantitative estimate of drug-likeness (QED) is 0.100. The van der Waals surface area contributed by atoms with Crippen molar-refractivity contribution in [1.29, 1.82) is 5.41 Å². The van der Waals surface area contributed by atoms with Crippen LogP contribution in [0, 0.1) is 5.41 Å². The van der Waals surface area contributed by atoms with Gasteiger partial charge in [-0.15, -0.1) is 0 Å². The summed E-state index contributed by atoms with van der Waals surface area (Å²) in [5, 5.41) is 14.0. The monoisotopic (exact) mass is 866 g/mol. The summed E-state index contributed by atoms with van der Waals surface area (Å²) in [6, 6.07) is 36.8. The molecule has 324 valence electrons. The summed E-state index contributed by atoms with van der Waals surface area (Å²) in [6.07, 6.45) is 26.8. The van der Waals surface area contributed by atoms with Gasteiger partial charge < -0.3 is 20.3 Å². The molecule has 67 heavy (non-hydrogen) atoms. The van der Waals surface area contributed by atoms with Crippen LogP contribution in [0.1, 0.15) is 52.8 Å². The predicted molar refractivity (Wildman–Crippen MR) is 283 cm³/mol. The Bertz CT molecular complexity index is 3680. The first-order valence-corrected chi connectivity index (χ1v) is 23.0. The SMILES string of the molecule is C=C/C=C(\C=C/C)c1ccc(-c2ccc3c(c2)c2cc4c5c(c2n3/C(C)=C/C=C\N)CCc2c-5c(cc3c5cc(C(=N)/C=C\C(=C)c6ccccc6)ccc5n(-c5cccnc5)c23)CC4)nc1. The number of fused-ring (bicyclic) bond motifs is 8. The number of pyridine rings is 2. The zero-order chi connectivity index (χ0) is 45.8. The molecule has 11 rings (SSSR count). The van der Waals surface area contributed by atoms with E-state index in [1.165, 1.54) is 60.6 Å². The van der Waals surface area contributed by atoms with Crippen LogP contribution in [-0.4, -0.2) is 24.8 Å². The van der Waals surface area contributed by atoms with Crippen LogP contribution in [0.4, 0.5) is 0 Å². The average Bonchev–Trinajstić information content (AvgIpc) is 3.88. The molecule has 0 radical (unpaired) electrons. The van der Waals surface area contributed by atoms with Crippen molar-refractivity contribution in [3.8, 4) is 28.1 Å². The number of nitrogens with two attached hydrogens (primary N) is 1. The lowest BCUT2D eigenvalue weighted by atomic mass is 9.74. The minimum absolute atomic E-state index is 0.446. The van der Waals surface area contributed by atoms with Gasteiger partial charge in [0.1, 0.15) is 0 Å². The fourth-order valence-electron chi connectivity index (χ4n) is 10.7. The fraction of sp³-hybridized carbons (Fsp3) is 0.0984. The standard InChI is InChI=1S/C61H50N6/c1-5-12-41(13-6-2)46-21-27-55(65-36-46)43-23-29-56-51(33-43)52-34-44-19-20-45-35-53-50-32-42(54(63)26-18-38(3)40-15-8-7-9-16-40)22-28-57(50)67(47-17-11-31-64-37-47)61(53)49-25-24-48(58(44)59(45)49)60(52)66(56)39(4)14-10-30-62/h5-18,21-23,26-37,63H,1,3,19-20,24-25,62H2,2,4H3/b13-6-,26-18-,30-10-,39-14+,41-12+,63-54?. The minimum Gasteiger partial charge on any atom is -0.405 e. The van der Waals surface area contributed by atoms with Gasteiger partial charge in [0, 0.05) is 56.3 Å². The molecule has 9 aromatic rings. The van der Waals surface area contributed by atoms with Crippen LogP contribution in [-0.2, 0) is 25.7 Å². The first-order valence-electron chi connectivity index (χ1n) is 23.0. The number of hydrogen-bond acceptors (Lipinski definition) is 4. The number of aromatic nitrogens is 4. The maximum absolute atomic E-state index is 9.18. The van der Waals surface area contributed by atoms with E-state index in [9.17, 15) is 5.41 Å². The van der Waals surface area contributed by atoms with Crippen molar-refractivity contribution in [3.63, 3.8) is 0 Å². The molecule has 2 aliphatic carbocycles. The normalized spacial score (nSPS) is 13.8. The number of aryl methyl sites for hydroxylation is 4. The van der Waals surface area contributed by atoms with Gasteiger partial charge in [-0.25, -0.2) is 0 Å². The minimum atomic E-state index is 0.446. The summed E-state index contributed by atoms with van der Waals surface area (Å²) < 4.78 is 4.86. The Balaban J connectivity index is 1.10. The van der Waals surface area contributed by atoms with E-state index in [4.69, 9.17) is 10.7 Å². The van der Waals surface area contributed by atoms with E-state index >= 15 is 0 Å². The Morgan fingerprint density at radius 3 is 2.13 bits per heavy atom. The van der Waals surface area contributed by atoms with E-state index in [1.54, 1.807) is 6.20 Å². The van der Waals surface area contributed by atoms with Gasteiger partial charge in [-0.2, -0.15) is 0 Å². The first-order chi connectivity index (χ1) is 32.9. The van der Waals surface area contributed by atoms with Gasteiger partial charge in [0.15, 0.2) is 0 Å². The lowest BCUT2D eigenvalue weighted by Gasteiger charge is -2.31. The van der Waals surface area contributed by atoms with Gasteiger partial charge in [0.05, 0.1) is 45.4 Å². The summed E-state index contributed by atoms with van der Waals surface area (Å²) in [7, 11) is 0. The van der Waals surface area contributed by atoms with Gasteiger partial charge in [-0.1, -0.05) is 92.1 Å². The Morgan fingerprint density at radius 1 is 0.701 bits per heavy atom. The average molecular weight is 867 g/mol. The van der Waals surface area contributed by atoms with E-state index in [-0.39, 0.29) is 0 Å². The van der Waals surface area contributed by atoms with Gasteiger partial charge >= 0.3 is 0 Å². The maximum Gasteiger partial charge on any atom is 0.0702 e. The molecule has 0 bridgehead atoms. The molecular weight excluding hydrogens is 817 g/mol. The molecule has 0 atom stereocenters. The van der Waals surface area contributed by atoms with Crippen LogP contribution in [0.15, 0.2) is 190 Å². The summed E-state index contributed by atoms with van der Waals surface area (Å²) in [6.45, 7) is 12.4. The molecule has 3 N–H and O–H groups in total. The highest BCUT2D eigenvalue weighted by Gasteiger charge is 2.33. The number of hydrogen-bond donors (Lipinski definition) is 2. The lowest BCUT2D eigenvalue weighted by molar-refractivity contribution is 0.883. The fourth-order valence-corrected chi connectivity index (χ4v) is 10.7. The zero-order valence-corrected chi connectivity index (χ0v) is 37.9. The number of nitrogens with one attached hydrogen (secondary N) is 1. The van der Waals surface area contributed by atoms with Crippen LogP contribution >= 0.6 is 0 Å². The number of allylic oxidation sites excluding steroid dienone is 11. The number of rotatable bonds is 11. The van der Waals surface area contributed by atoms with Gasteiger partial charge in [0.25, 0.3) is 0 Å². The van der Waals surface area contributed by atoms with Crippen molar-refractivity contribution in [2.45, 2.75) is 39.5 Å². The van der Waals surface area contributed by atoms with Gasteiger partial charge in [-0.05, 0) is 169 Å². The van der Waals surface area contributed by atoms with Crippen LogP contribution in [0.25, 0.3) is 88.5 Å². The molecule has 5 aromatic carbocycles. The van der Waals surface area contributed by atoms with Crippen LogP contribution in [0.5, 0.6) is 0 Å². The van der Waals surface area contributed by atoms with Crippen molar-refractivity contribution < 1.29 is 0 Å². The van der Waals surface area contributed by atoms with E-state index < -0.39 is 0 Å². The first kappa shape index (κ1) is 41.4. The second-order valence-electron chi connectivity index (χ2n) is 17.5. The highest BCUT2D eigenvalue weighted by Crippen LogP contribution is 2.51. The molecule has 6 heteroatoms. The topological polar surface area (TPSA) is 85.5 Å². The molecule has 0 fully saturated rings. The third-order valence-electron chi connectivity index (χ3n) is 13.7. The highest BCUT2D eigenvalue weighted by atomic mass is 15.0.